The second-order valence-electron chi connectivity index (χ2n) is 4.45. The molecule has 0 radical (unpaired) electrons. The maximum atomic E-state index is 6.17. The molecule has 0 aliphatic rings. The fraction of sp³-hybridized carbons (Fsp3) is 0.429. The van der Waals surface area contributed by atoms with Crippen LogP contribution in [0.15, 0.2) is 28.4 Å². The molecule has 1 aromatic carbocycles. The lowest BCUT2D eigenvalue weighted by Gasteiger charge is -2.14. The number of guanidine groups is 1. The fourth-order valence-electron chi connectivity index (χ4n) is 1.61. The molecule has 0 saturated heterocycles. The Balaban J connectivity index is 2.68. The molecule has 5 nitrogen and oxygen atoms in total. The Kier molecular flexibility index (Phi) is 6.87. The number of ether oxygens (including phenoxy) is 1. The lowest BCUT2D eigenvalue weighted by molar-refractivity contribution is 0.241. The van der Waals surface area contributed by atoms with Crippen LogP contribution < -0.4 is 16.2 Å². The van der Waals surface area contributed by atoms with E-state index in [2.05, 4.69) is 24.1 Å². The molecule has 0 spiro atoms. The average Bonchev–Trinajstić information content (AvgIpc) is 2.41. The summed E-state index contributed by atoms with van der Waals surface area (Å²) in [5.41, 5.74) is 11.1. The average molecular weight is 297 g/mol. The van der Waals surface area contributed by atoms with E-state index in [4.69, 9.17) is 27.8 Å². The van der Waals surface area contributed by atoms with Gasteiger partial charge in [0.05, 0.1) is 17.8 Å². The third-order valence-electron chi connectivity index (χ3n) is 2.97. The molecular weight excluding hydrogens is 276 g/mol. The summed E-state index contributed by atoms with van der Waals surface area (Å²) < 4.78 is 5.73. The van der Waals surface area contributed by atoms with Gasteiger partial charge in [0, 0.05) is 0 Å². The van der Waals surface area contributed by atoms with E-state index in [0.29, 0.717) is 23.3 Å². The van der Waals surface area contributed by atoms with Crippen LogP contribution in [0.2, 0.25) is 5.02 Å². The topological polar surface area (TPSA) is 86.0 Å². The lowest BCUT2D eigenvalue weighted by Crippen LogP contribution is -2.21. The first-order valence-electron chi connectivity index (χ1n) is 6.61. The van der Waals surface area contributed by atoms with Gasteiger partial charge in [-0.2, -0.15) is 5.10 Å². The Labute approximate surface area is 124 Å². The maximum absolute atomic E-state index is 6.17. The van der Waals surface area contributed by atoms with Gasteiger partial charge in [-0.1, -0.05) is 38.3 Å². The van der Waals surface area contributed by atoms with E-state index in [0.717, 1.165) is 18.4 Å². The van der Waals surface area contributed by atoms with Crippen molar-refractivity contribution in [1.82, 2.24) is 0 Å². The SMILES string of the molecule is CCC(CC)COc1ccc(/C=N/N=C(N)N)cc1Cl. The van der Waals surface area contributed by atoms with Gasteiger partial charge in [-0.25, -0.2) is 0 Å². The number of hydrogen-bond acceptors (Lipinski definition) is 3. The Bertz CT molecular complexity index is 480. The summed E-state index contributed by atoms with van der Waals surface area (Å²) in [5, 5.41) is 7.79. The van der Waals surface area contributed by atoms with Gasteiger partial charge in [0.15, 0.2) is 0 Å². The van der Waals surface area contributed by atoms with Crippen LogP contribution in [0.3, 0.4) is 0 Å². The lowest BCUT2D eigenvalue weighted by atomic mass is 10.1. The molecule has 1 rings (SSSR count). The number of halogens is 1. The quantitative estimate of drug-likeness (QED) is 0.461. The summed E-state index contributed by atoms with van der Waals surface area (Å²) >= 11 is 6.17. The van der Waals surface area contributed by atoms with Gasteiger partial charge >= 0.3 is 0 Å². The van der Waals surface area contributed by atoms with Gasteiger partial charge in [-0.05, 0) is 29.7 Å². The van der Waals surface area contributed by atoms with Crippen molar-refractivity contribution >= 4 is 23.8 Å². The molecule has 0 aliphatic carbocycles. The van der Waals surface area contributed by atoms with E-state index in [9.17, 15) is 0 Å². The van der Waals surface area contributed by atoms with Crippen LogP contribution in [0.5, 0.6) is 5.75 Å². The summed E-state index contributed by atoms with van der Waals surface area (Å²) in [4.78, 5) is 0. The number of rotatable bonds is 7. The Morgan fingerprint density at radius 2 is 2.05 bits per heavy atom. The highest BCUT2D eigenvalue weighted by Crippen LogP contribution is 2.26. The number of nitrogens with two attached hydrogens (primary N) is 2. The van der Waals surface area contributed by atoms with Crippen molar-refractivity contribution in [3.8, 4) is 5.75 Å². The minimum atomic E-state index is -0.0857. The van der Waals surface area contributed by atoms with E-state index in [1.54, 1.807) is 6.07 Å². The predicted molar refractivity (Wildman–Crippen MR) is 84.4 cm³/mol. The van der Waals surface area contributed by atoms with Crippen LogP contribution >= 0.6 is 11.6 Å². The van der Waals surface area contributed by atoms with Crippen molar-refractivity contribution in [1.29, 1.82) is 0 Å². The zero-order valence-corrected chi connectivity index (χ0v) is 12.6. The third-order valence-corrected chi connectivity index (χ3v) is 3.26. The van der Waals surface area contributed by atoms with Crippen molar-refractivity contribution in [3.05, 3.63) is 28.8 Å². The van der Waals surface area contributed by atoms with Crippen LogP contribution in [-0.4, -0.2) is 18.8 Å². The molecule has 6 heteroatoms. The first-order valence-corrected chi connectivity index (χ1v) is 6.98. The van der Waals surface area contributed by atoms with Crippen LogP contribution in [0.25, 0.3) is 0 Å². The molecule has 0 fully saturated rings. The van der Waals surface area contributed by atoms with Gasteiger partial charge < -0.3 is 16.2 Å². The standard InChI is InChI=1S/C14H21ClN4O/c1-3-10(4-2)9-20-13-6-5-11(7-12(13)15)8-18-19-14(16)17/h5-8,10H,3-4,9H2,1-2H3,(H4,16,17,19)/b18-8+. The van der Waals surface area contributed by atoms with E-state index >= 15 is 0 Å². The molecule has 0 atom stereocenters. The second-order valence-corrected chi connectivity index (χ2v) is 4.86. The maximum Gasteiger partial charge on any atom is 0.211 e. The number of nitrogens with zero attached hydrogens (tertiary/aromatic N) is 2. The van der Waals surface area contributed by atoms with Crippen molar-refractivity contribution < 1.29 is 4.74 Å². The van der Waals surface area contributed by atoms with Crippen molar-refractivity contribution in [2.45, 2.75) is 26.7 Å². The molecule has 1 aromatic rings. The molecule has 0 heterocycles. The van der Waals surface area contributed by atoms with Crippen LogP contribution in [-0.2, 0) is 0 Å². The highest BCUT2D eigenvalue weighted by atomic mass is 35.5. The van der Waals surface area contributed by atoms with Gasteiger partial charge in [0.2, 0.25) is 5.96 Å². The molecule has 0 saturated carbocycles. The predicted octanol–water partition coefficient (Wildman–Crippen LogP) is 2.76. The first-order chi connectivity index (χ1) is 9.56. The van der Waals surface area contributed by atoms with Crippen LogP contribution in [0, 0.1) is 5.92 Å². The summed E-state index contributed by atoms with van der Waals surface area (Å²) in [6, 6.07) is 5.43. The number of benzene rings is 1. The molecule has 0 amide bonds. The van der Waals surface area contributed by atoms with E-state index in [1.165, 1.54) is 6.21 Å². The second kappa shape index (κ2) is 8.43. The monoisotopic (exact) mass is 296 g/mol. The van der Waals surface area contributed by atoms with E-state index < -0.39 is 0 Å². The van der Waals surface area contributed by atoms with E-state index in [-0.39, 0.29) is 5.96 Å². The Morgan fingerprint density at radius 1 is 1.35 bits per heavy atom. The molecule has 0 unspecified atom stereocenters. The molecule has 0 bridgehead atoms. The van der Waals surface area contributed by atoms with Crippen LogP contribution in [0.4, 0.5) is 0 Å². The molecule has 0 aliphatic heterocycles. The normalized spacial score (nSPS) is 11.0. The van der Waals surface area contributed by atoms with Crippen LogP contribution in [0.1, 0.15) is 32.3 Å². The van der Waals surface area contributed by atoms with Gasteiger partial charge in [0.25, 0.3) is 0 Å². The van der Waals surface area contributed by atoms with Crippen molar-refractivity contribution in [2.24, 2.45) is 27.6 Å². The Hall–Kier alpha value is -1.75. The fourth-order valence-corrected chi connectivity index (χ4v) is 1.85. The highest BCUT2D eigenvalue weighted by molar-refractivity contribution is 6.32. The minimum Gasteiger partial charge on any atom is -0.492 e. The summed E-state index contributed by atoms with van der Waals surface area (Å²) in [5.74, 6) is 1.14. The van der Waals surface area contributed by atoms with Gasteiger partial charge in [-0.3, -0.25) is 0 Å². The molecule has 110 valence electrons. The Morgan fingerprint density at radius 3 is 2.60 bits per heavy atom. The van der Waals surface area contributed by atoms with Crippen molar-refractivity contribution in [3.63, 3.8) is 0 Å². The number of hydrogen-bond donors (Lipinski definition) is 2. The molecular formula is C14H21ClN4O. The van der Waals surface area contributed by atoms with Crippen molar-refractivity contribution in [2.75, 3.05) is 6.61 Å². The summed E-state index contributed by atoms with van der Waals surface area (Å²) in [7, 11) is 0. The summed E-state index contributed by atoms with van der Waals surface area (Å²) in [6.07, 6.45) is 3.71. The smallest absolute Gasteiger partial charge is 0.211 e. The molecule has 0 aromatic heterocycles. The van der Waals surface area contributed by atoms with Gasteiger partial charge in [0.1, 0.15) is 5.75 Å². The summed E-state index contributed by atoms with van der Waals surface area (Å²) in [6.45, 7) is 4.98. The highest BCUT2D eigenvalue weighted by Gasteiger charge is 2.07. The molecule has 20 heavy (non-hydrogen) atoms. The zero-order valence-electron chi connectivity index (χ0n) is 11.8. The third kappa shape index (κ3) is 5.48. The van der Waals surface area contributed by atoms with E-state index in [1.807, 2.05) is 12.1 Å². The molecule has 4 N–H and O–H groups in total. The minimum absolute atomic E-state index is 0.0857. The zero-order chi connectivity index (χ0) is 15.0. The first kappa shape index (κ1) is 16.3. The van der Waals surface area contributed by atoms with Gasteiger partial charge in [-0.15, -0.1) is 5.10 Å². The largest absolute Gasteiger partial charge is 0.492 e.